The molecule has 1 aromatic rings. The molecule has 0 saturated heterocycles. The maximum absolute atomic E-state index is 13.3. The lowest BCUT2D eigenvalue weighted by atomic mass is 9.86. The smallest absolute Gasteiger partial charge is 0.144 e. The van der Waals surface area contributed by atoms with E-state index >= 15 is 0 Å². The molecule has 0 bridgehead atoms. The third-order valence-electron chi connectivity index (χ3n) is 3.83. The second kappa shape index (κ2) is 7.13. The van der Waals surface area contributed by atoms with Gasteiger partial charge in [-0.15, -0.1) is 0 Å². The topological polar surface area (TPSA) is 33.0 Å². The van der Waals surface area contributed by atoms with Crippen molar-refractivity contribution in [2.45, 2.75) is 44.9 Å². The van der Waals surface area contributed by atoms with Crippen molar-refractivity contribution >= 4 is 0 Å². The van der Waals surface area contributed by atoms with Gasteiger partial charge in [-0.05, 0) is 30.9 Å². The molecule has 0 atom stereocenters. The van der Waals surface area contributed by atoms with E-state index in [1.165, 1.54) is 44.6 Å². The summed E-state index contributed by atoms with van der Waals surface area (Å²) in [5.41, 5.74) is 0.0140. The van der Waals surface area contributed by atoms with Gasteiger partial charge in [0.1, 0.15) is 23.2 Å². The minimum Gasteiger partial charge on any atom is -0.492 e. The van der Waals surface area contributed by atoms with Crippen LogP contribution in [0.25, 0.3) is 0 Å². The lowest BCUT2D eigenvalue weighted by molar-refractivity contribution is 0.268. The first-order valence-electron chi connectivity index (χ1n) is 7.12. The Hall–Kier alpha value is -1.56. The molecule has 1 aliphatic rings. The fraction of sp³-hybridized carbons (Fsp3) is 0.562. The van der Waals surface area contributed by atoms with Gasteiger partial charge in [0.2, 0.25) is 0 Å². The predicted molar refractivity (Wildman–Crippen MR) is 72.4 cm³/mol. The number of hydrogen-bond donors (Lipinski definition) is 0. The van der Waals surface area contributed by atoms with Crippen LogP contribution in [0.1, 0.15) is 50.5 Å². The van der Waals surface area contributed by atoms with Gasteiger partial charge >= 0.3 is 0 Å². The van der Waals surface area contributed by atoms with Gasteiger partial charge < -0.3 is 4.74 Å². The molecule has 3 heteroatoms. The Morgan fingerprint density at radius 2 is 2.05 bits per heavy atom. The number of rotatable bonds is 5. The maximum atomic E-state index is 13.3. The van der Waals surface area contributed by atoms with Crippen LogP contribution in [0.2, 0.25) is 0 Å². The predicted octanol–water partition coefficient (Wildman–Crippen LogP) is 4.44. The zero-order valence-electron chi connectivity index (χ0n) is 11.2. The number of hydrogen-bond acceptors (Lipinski definition) is 2. The second-order valence-corrected chi connectivity index (χ2v) is 5.22. The quantitative estimate of drug-likeness (QED) is 0.734. The molecule has 2 nitrogen and oxygen atoms in total. The van der Waals surface area contributed by atoms with E-state index in [1.54, 1.807) is 12.1 Å². The van der Waals surface area contributed by atoms with E-state index < -0.39 is 5.82 Å². The standard InChI is InChI=1S/C16H20FNO/c17-15-9-4-10-16(14(15)12-18)19-11-5-8-13-6-2-1-3-7-13/h4,9-10,13H,1-3,5-8,11H2. The highest BCUT2D eigenvalue weighted by Gasteiger charge is 2.13. The summed E-state index contributed by atoms with van der Waals surface area (Å²) in [7, 11) is 0. The SMILES string of the molecule is N#Cc1c(F)cccc1OCCCC1CCCCC1. The van der Waals surface area contributed by atoms with Crippen LogP contribution in [0, 0.1) is 23.1 Å². The lowest BCUT2D eigenvalue weighted by Gasteiger charge is -2.21. The summed E-state index contributed by atoms with van der Waals surface area (Å²) in [6.07, 6.45) is 8.92. The summed E-state index contributed by atoms with van der Waals surface area (Å²) in [4.78, 5) is 0. The van der Waals surface area contributed by atoms with Gasteiger partial charge in [0, 0.05) is 0 Å². The largest absolute Gasteiger partial charge is 0.492 e. The second-order valence-electron chi connectivity index (χ2n) is 5.22. The molecule has 19 heavy (non-hydrogen) atoms. The summed E-state index contributed by atoms with van der Waals surface area (Å²) in [6, 6.07) is 6.37. The Kier molecular flexibility index (Phi) is 5.20. The van der Waals surface area contributed by atoms with Crippen molar-refractivity contribution in [1.29, 1.82) is 5.26 Å². The molecule has 0 aliphatic heterocycles. The molecule has 1 fully saturated rings. The van der Waals surface area contributed by atoms with Crippen LogP contribution >= 0.6 is 0 Å². The molecule has 0 radical (unpaired) electrons. The fourth-order valence-corrected chi connectivity index (χ4v) is 2.76. The Bertz CT molecular complexity index is 447. The minimum absolute atomic E-state index is 0.0140. The molecule has 1 saturated carbocycles. The Balaban J connectivity index is 1.76. The molecule has 0 heterocycles. The minimum atomic E-state index is -0.507. The lowest BCUT2D eigenvalue weighted by Crippen LogP contribution is -2.08. The molecule has 0 aromatic heterocycles. The number of nitrogens with zero attached hydrogens (tertiary/aromatic N) is 1. The van der Waals surface area contributed by atoms with E-state index in [4.69, 9.17) is 10.00 Å². The summed E-state index contributed by atoms with van der Waals surface area (Å²) >= 11 is 0. The molecular weight excluding hydrogens is 241 g/mol. The van der Waals surface area contributed by atoms with Crippen molar-refractivity contribution in [3.63, 3.8) is 0 Å². The van der Waals surface area contributed by atoms with Crippen molar-refractivity contribution in [2.75, 3.05) is 6.61 Å². The van der Waals surface area contributed by atoms with Crippen LogP contribution in [-0.2, 0) is 0 Å². The van der Waals surface area contributed by atoms with Gasteiger partial charge in [0.15, 0.2) is 0 Å². The molecule has 102 valence electrons. The van der Waals surface area contributed by atoms with E-state index in [9.17, 15) is 4.39 Å². The van der Waals surface area contributed by atoms with Crippen LogP contribution in [0.15, 0.2) is 18.2 Å². The third kappa shape index (κ3) is 3.96. The summed E-state index contributed by atoms with van der Waals surface area (Å²) in [5.74, 6) is 0.693. The van der Waals surface area contributed by atoms with Crippen LogP contribution in [0.3, 0.4) is 0 Å². The molecule has 0 spiro atoms. The van der Waals surface area contributed by atoms with Gasteiger partial charge in [-0.25, -0.2) is 4.39 Å². The summed E-state index contributed by atoms with van der Waals surface area (Å²) < 4.78 is 18.9. The summed E-state index contributed by atoms with van der Waals surface area (Å²) in [5, 5.41) is 8.89. The first kappa shape index (κ1) is 13.9. The van der Waals surface area contributed by atoms with E-state index in [0.29, 0.717) is 12.4 Å². The maximum Gasteiger partial charge on any atom is 0.144 e. The third-order valence-corrected chi connectivity index (χ3v) is 3.83. The van der Waals surface area contributed by atoms with Gasteiger partial charge in [0.05, 0.1) is 6.61 Å². The average Bonchev–Trinajstić information content (AvgIpc) is 2.45. The van der Waals surface area contributed by atoms with Crippen LogP contribution in [-0.4, -0.2) is 6.61 Å². The van der Waals surface area contributed by atoms with E-state index in [0.717, 1.165) is 12.3 Å². The molecule has 0 N–H and O–H groups in total. The highest BCUT2D eigenvalue weighted by Crippen LogP contribution is 2.27. The average molecular weight is 261 g/mol. The van der Waals surface area contributed by atoms with E-state index in [2.05, 4.69) is 0 Å². The monoisotopic (exact) mass is 261 g/mol. The first-order chi connectivity index (χ1) is 9.31. The van der Waals surface area contributed by atoms with Gasteiger partial charge in [-0.1, -0.05) is 38.2 Å². The van der Waals surface area contributed by atoms with Gasteiger partial charge in [-0.3, -0.25) is 0 Å². The van der Waals surface area contributed by atoms with Crippen LogP contribution < -0.4 is 4.74 Å². The number of nitriles is 1. The molecule has 1 aliphatic carbocycles. The Morgan fingerprint density at radius 3 is 2.79 bits per heavy atom. The number of ether oxygens (including phenoxy) is 1. The zero-order chi connectivity index (χ0) is 13.5. The van der Waals surface area contributed by atoms with E-state index in [1.807, 2.05) is 6.07 Å². The molecule has 0 unspecified atom stereocenters. The summed E-state index contributed by atoms with van der Waals surface area (Å²) in [6.45, 7) is 0.564. The Morgan fingerprint density at radius 1 is 1.26 bits per heavy atom. The number of benzene rings is 1. The van der Waals surface area contributed by atoms with Crippen LogP contribution in [0.5, 0.6) is 5.75 Å². The number of halogens is 1. The molecule has 0 amide bonds. The first-order valence-corrected chi connectivity index (χ1v) is 7.12. The highest BCUT2D eigenvalue weighted by atomic mass is 19.1. The zero-order valence-corrected chi connectivity index (χ0v) is 11.2. The van der Waals surface area contributed by atoms with Crippen molar-refractivity contribution in [3.8, 4) is 11.8 Å². The van der Waals surface area contributed by atoms with Gasteiger partial charge in [0.25, 0.3) is 0 Å². The fourth-order valence-electron chi connectivity index (χ4n) is 2.76. The van der Waals surface area contributed by atoms with Crippen LogP contribution in [0.4, 0.5) is 4.39 Å². The van der Waals surface area contributed by atoms with Crippen molar-refractivity contribution in [2.24, 2.45) is 5.92 Å². The van der Waals surface area contributed by atoms with E-state index in [-0.39, 0.29) is 5.56 Å². The molecular formula is C16H20FNO. The van der Waals surface area contributed by atoms with Crippen molar-refractivity contribution < 1.29 is 9.13 Å². The highest BCUT2D eigenvalue weighted by molar-refractivity contribution is 5.43. The molecule has 2 rings (SSSR count). The van der Waals surface area contributed by atoms with Crippen molar-refractivity contribution in [3.05, 3.63) is 29.6 Å². The normalized spacial score (nSPS) is 16.0. The molecule has 1 aromatic carbocycles. The van der Waals surface area contributed by atoms with Gasteiger partial charge in [-0.2, -0.15) is 5.26 Å². The Labute approximate surface area is 114 Å². The van der Waals surface area contributed by atoms with Crippen molar-refractivity contribution in [1.82, 2.24) is 0 Å².